The van der Waals surface area contributed by atoms with Crippen molar-refractivity contribution in [3.05, 3.63) is 61.8 Å². The number of nitro benzene ring substituents is 1. The Labute approximate surface area is 146 Å². The topological polar surface area (TPSA) is 85.1 Å². The monoisotopic (exact) mass is 359 g/mol. The molecule has 0 spiro atoms. The molecule has 2 heterocycles. The van der Waals surface area contributed by atoms with Gasteiger partial charge in [-0.3, -0.25) is 20.2 Å². The number of thiophene rings is 1. The van der Waals surface area contributed by atoms with Gasteiger partial charge >= 0.3 is 0 Å². The maximum absolute atomic E-state index is 12.3. The van der Waals surface area contributed by atoms with Crippen molar-refractivity contribution in [2.45, 2.75) is 13.8 Å². The molecule has 0 atom stereocenters. The lowest BCUT2D eigenvalue weighted by Crippen LogP contribution is -2.12. The van der Waals surface area contributed by atoms with E-state index in [1.165, 1.54) is 22.3 Å². The Balaban J connectivity index is 1.79. The van der Waals surface area contributed by atoms with Crippen molar-refractivity contribution < 1.29 is 9.72 Å². The van der Waals surface area contributed by atoms with E-state index >= 15 is 0 Å². The normalized spacial score (nSPS) is 10.6. The Bertz CT molecular complexity index is 930. The Morgan fingerprint density at radius 2 is 2.04 bits per heavy atom. The van der Waals surface area contributed by atoms with E-state index in [1.54, 1.807) is 30.4 Å². The molecule has 3 aromatic rings. The summed E-state index contributed by atoms with van der Waals surface area (Å²) >= 11 is 2.95. The fourth-order valence-corrected chi connectivity index (χ4v) is 3.74. The van der Waals surface area contributed by atoms with Crippen LogP contribution in [0.1, 0.15) is 20.8 Å². The zero-order valence-corrected chi connectivity index (χ0v) is 14.5. The predicted molar refractivity (Wildman–Crippen MR) is 96.0 cm³/mol. The number of nitro groups is 1. The summed E-state index contributed by atoms with van der Waals surface area (Å²) in [5, 5.41) is 16.0. The first-order valence-corrected chi connectivity index (χ1v) is 8.72. The van der Waals surface area contributed by atoms with Crippen LogP contribution in [0.5, 0.6) is 0 Å². The van der Waals surface area contributed by atoms with Crippen LogP contribution in [-0.4, -0.2) is 15.8 Å². The van der Waals surface area contributed by atoms with Gasteiger partial charge in [0.25, 0.3) is 11.6 Å². The highest BCUT2D eigenvalue weighted by molar-refractivity contribution is 7.17. The molecule has 3 rings (SSSR count). The Hall–Kier alpha value is -2.58. The van der Waals surface area contributed by atoms with Gasteiger partial charge in [-0.1, -0.05) is 6.07 Å². The van der Waals surface area contributed by atoms with Crippen LogP contribution in [0.2, 0.25) is 0 Å². The molecule has 0 aliphatic carbocycles. The van der Waals surface area contributed by atoms with Gasteiger partial charge in [-0.25, -0.2) is 4.98 Å². The largest absolute Gasteiger partial charge is 0.298 e. The van der Waals surface area contributed by atoms with Crippen LogP contribution in [0.4, 0.5) is 10.8 Å². The third-order valence-electron chi connectivity index (χ3n) is 3.39. The van der Waals surface area contributed by atoms with Crippen LogP contribution in [0.15, 0.2) is 35.7 Å². The molecule has 0 radical (unpaired) electrons. The number of carbonyl (C=O) groups is 1. The number of anilines is 1. The highest BCUT2D eigenvalue weighted by Gasteiger charge is 2.16. The average Bonchev–Trinajstić information content (AvgIpc) is 3.16. The van der Waals surface area contributed by atoms with E-state index in [2.05, 4.69) is 10.3 Å². The van der Waals surface area contributed by atoms with Gasteiger partial charge in [0, 0.05) is 27.5 Å². The minimum absolute atomic E-state index is 0.0726. The van der Waals surface area contributed by atoms with Crippen LogP contribution in [0, 0.1) is 24.0 Å². The number of nitrogens with one attached hydrogen (secondary N) is 1. The average molecular weight is 359 g/mol. The van der Waals surface area contributed by atoms with Crippen molar-refractivity contribution in [3.8, 4) is 10.6 Å². The zero-order valence-electron chi connectivity index (χ0n) is 12.9. The molecule has 0 aliphatic heterocycles. The summed E-state index contributed by atoms with van der Waals surface area (Å²) in [6.45, 7) is 3.66. The Morgan fingerprint density at radius 3 is 2.71 bits per heavy atom. The first-order chi connectivity index (χ1) is 11.4. The number of carbonyl (C=O) groups excluding carboxylic acids is 1. The maximum atomic E-state index is 12.3. The lowest BCUT2D eigenvalue weighted by molar-refractivity contribution is -0.385. The van der Waals surface area contributed by atoms with E-state index in [0.717, 1.165) is 10.6 Å². The predicted octanol–water partition coefficient (Wildman–Crippen LogP) is 4.65. The smallest absolute Gasteiger partial charge is 0.273 e. The number of aryl methyl sites for hydroxylation is 2. The molecule has 1 aromatic carbocycles. The van der Waals surface area contributed by atoms with Gasteiger partial charge in [0.1, 0.15) is 0 Å². The first kappa shape index (κ1) is 16.3. The molecule has 8 heteroatoms. The third-order valence-corrected chi connectivity index (χ3v) is 5.17. The second kappa shape index (κ2) is 6.50. The van der Waals surface area contributed by atoms with E-state index in [-0.39, 0.29) is 11.3 Å². The number of thiazole rings is 1. The van der Waals surface area contributed by atoms with E-state index in [0.29, 0.717) is 10.7 Å². The highest BCUT2D eigenvalue weighted by atomic mass is 32.1. The number of hydrogen-bond donors (Lipinski definition) is 1. The summed E-state index contributed by atoms with van der Waals surface area (Å²) in [7, 11) is 0. The van der Waals surface area contributed by atoms with E-state index in [4.69, 9.17) is 0 Å². The minimum Gasteiger partial charge on any atom is -0.298 e. The Kier molecular flexibility index (Phi) is 4.41. The number of rotatable bonds is 4. The molecule has 2 aromatic heterocycles. The van der Waals surface area contributed by atoms with Crippen LogP contribution in [0.25, 0.3) is 10.6 Å². The SMILES string of the molecule is Cc1ccc(-c2csc(NC(=O)c3ccc(C)c([N+](=O)[O-])c3)n2)s1. The van der Waals surface area contributed by atoms with Crippen LogP contribution >= 0.6 is 22.7 Å². The van der Waals surface area contributed by atoms with Gasteiger partial charge in [0.05, 0.1) is 15.5 Å². The highest BCUT2D eigenvalue weighted by Crippen LogP contribution is 2.30. The van der Waals surface area contributed by atoms with Gasteiger partial charge in [0.2, 0.25) is 0 Å². The van der Waals surface area contributed by atoms with Crippen molar-refractivity contribution in [2.75, 3.05) is 5.32 Å². The quantitative estimate of drug-likeness (QED) is 0.543. The molecule has 1 amide bonds. The summed E-state index contributed by atoms with van der Waals surface area (Å²) < 4.78 is 0. The minimum atomic E-state index is -0.493. The van der Waals surface area contributed by atoms with Crippen LogP contribution < -0.4 is 5.32 Å². The van der Waals surface area contributed by atoms with E-state index in [1.807, 2.05) is 24.4 Å². The van der Waals surface area contributed by atoms with Crippen molar-refractivity contribution in [2.24, 2.45) is 0 Å². The van der Waals surface area contributed by atoms with Crippen molar-refractivity contribution in [1.29, 1.82) is 0 Å². The number of amides is 1. The number of aromatic nitrogens is 1. The van der Waals surface area contributed by atoms with Gasteiger partial charge < -0.3 is 0 Å². The zero-order chi connectivity index (χ0) is 17.3. The second-order valence-electron chi connectivity index (χ2n) is 5.16. The molecule has 1 N–H and O–H groups in total. The van der Waals surface area contributed by atoms with E-state index in [9.17, 15) is 14.9 Å². The first-order valence-electron chi connectivity index (χ1n) is 7.03. The molecule has 0 unspecified atom stereocenters. The van der Waals surface area contributed by atoms with Crippen LogP contribution in [-0.2, 0) is 0 Å². The van der Waals surface area contributed by atoms with Crippen molar-refractivity contribution in [1.82, 2.24) is 4.98 Å². The summed E-state index contributed by atoms with van der Waals surface area (Å²) in [6.07, 6.45) is 0. The summed E-state index contributed by atoms with van der Waals surface area (Å²) in [4.78, 5) is 29.4. The molecule has 6 nitrogen and oxygen atoms in total. The molecule has 0 fully saturated rings. The van der Waals surface area contributed by atoms with Crippen molar-refractivity contribution >= 4 is 39.4 Å². The summed E-state index contributed by atoms with van der Waals surface area (Å²) in [5.41, 5.74) is 1.48. The molecular weight excluding hydrogens is 346 g/mol. The third kappa shape index (κ3) is 3.34. The summed E-state index contributed by atoms with van der Waals surface area (Å²) in [5.74, 6) is -0.415. The van der Waals surface area contributed by atoms with E-state index < -0.39 is 10.8 Å². The molecule has 0 saturated carbocycles. The Morgan fingerprint density at radius 1 is 1.25 bits per heavy atom. The fourth-order valence-electron chi connectivity index (χ4n) is 2.13. The maximum Gasteiger partial charge on any atom is 0.273 e. The van der Waals surface area contributed by atoms with Gasteiger partial charge in [-0.05, 0) is 32.0 Å². The fraction of sp³-hybridized carbons (Fsp3) is 0.125. The number of benzene rings is 1. The number of nitrogens with zero attached hydrogens (tertiary/aromatic N) is 2. The lowest BCUT2D eigenvalue weighted by Gasteiger charge is -2.03. The van der Waals surface area contributed by atoms with Crippen molar-refractivity contribution in [3.63, 3.8) is 0 Å². The molecule has 24 heavy (non-hydrogen) atoms. The molecule has 0 aliphatic rings. The number of hydrogen-bond acceptors (Lipinski definition) is 6. The summed E-state index contributed by atoms with van der Waals surface area (Å²) in [6, 6.07) is 8.42. The molecular formula is C16H13N3O3S2. The van der Waals surface area contributed by atoms with Gasteiger partial charge in [-0.2, -0.15) is 0 Å². The van der Waals surface area contributed by atoms with Gasteiger partial charge in [-0.15, -0.1) is 22.7 Å². The van der Waals surface area contributed by atoms with Crippen LogP contribution in [0.3, 0.4) is 0 Å². The lowest BCUT2D eigenvalue weighted by atomic mass is 10.1. The standard InChI is InChI=1S/C16H13N3O3S2/c1-9-3-5-11(7-13(9)19(21)22)15(20)18-16-17-12(8-23-16)14-6-4-10(2)24-14/h3-8H,1-2H3,(H,17,18,20). The molecule has 122 valence electrons. The second-order valence-corrected chi connectivity index (χ2v) is 7.31. The van der Waals surface area contributed by atoms with Gasteiger partial charge in [0.15, 0.2) is 5.13 Å². The molecule has 0 saturated heterocycles. The molecule has 0 bridgehead atoms.